The number of nitrogens with zero attached hydrogens (tertiary/aromatic N) is 3. The summed E-state index contributed by atoms with van der Waals surface area (Å²) >= 11 is 0. The third kappa shape index (κ3) is 3.90. The monoisotopic (exact) mass is 407 g/mol. The molecule has 3 aromatic rings. The van der Waals surface area contributed by atoms with Crippen molar-refractivity contribution in [2.75, 3.05) is 11.9 Å². The highest BCUT2D eigenvalue weighted by Gasteiger charge is 2.28. The SMILES string of the molecule is Cc1cc(NC(=O)c2ccc(CN3C(=O)CNC3=O)cc2)n(-c2ccc(F)cc2)n1. The molecule has 8 nitrogen and oxygen atoms in total. The minimum Gasteiger partial charge on any atom is -0.329 e. The second-order valence-corrected chi connectivity index (χ2v) is 6.85. The van der Waals surface area contributed by atoms with E-state index in [1.54, 1.807) is 49.4 Å². The number of hydrogen-bond acceptors (Lipinski definition) is 4. The van der Waals surface area contributed by atoms with Crippen molar-refractivity contribution in [2.24, 2.45) is 0 Å². The summed E-state index contributed by atoms with van der Waals surface area (Å²) in [7, 11) is 0. The molecule has 2 heterocycles. The van der Waals surface area contributed by atoms with E-state index in [1.807, 2.05) is 0 Å². The van der Waals surface area contributed by atoms with Crippen LogP contribution in [0.1, 0.15) is 21.6 Å². The van der Waals surface area contributed by atoms with E-state index in [0.29, 0.717) is 22.8 Å². The Hall–Kier alpha value is -4.01. The van der Waals surface area contributed by atoms with Crippen molar-refractivity contribution >= 4 is 23.7 Å². The Morgan fingerprint density at radius 3 is 2.47 bits per heavy atom. The van der Waals surface area contributed by atoms with Gasteiger partial charge in [-0.05, 0) is 48.9 Å². The summed E-state index contributed by atoms with van der Waals surface area (Å²) in [5, 5.41) is 9.62. The molecule has 0 unspecified atom stereocenters. The van der Waals surface area contributed by atoms with Crippen molar-refractivity contribution in [3.05, 3.63) is 77.2 Å². The normalized spacial score (nSPS) is 13.5. The Balaban J connectivity index is 1.49. The summed E-state index contributed by atoms with van der Waals surface area (Å²) < 4.78 is 14.7. The van der Waals surface area contributed by atoms with Crippen molar-refractivity contribution in [1.29, 1.82) is 0 Å². The van der Waals surface area contributed by atoms with Crippen LogP contribution in [0.5, 0.6) is 0 Å². The summed E-state index contributed by atoms with van der Waals surface area (Å²) in [6.07, 6.45) is 0. The number of aromatic nitrogens is 2. The number of amides is 4. The van der Waals surface area contributed by atoms with Crippen molar-refractivity contribution in [2.45, 2.75) is 13.5 Å². The predicted molar refractivity (Wildman–Crippen MR) is 107 cm³/mol. The number of rotatable bonds is 5. The van der Waals surface area contributed by atoms with Crippen molar-refractivity contribution in [3.63, 3.8) is 0 Å². The van der Waals surface area contributed by atoms with E-state index in [4.69, 9.17) is 0 Å². The number of halogens is 1. The van der Waals surface area contributed by atoms with Crippen LogP contribution in [0.2, 0.25) is 0 Å². The lowest BCUT2D eigenvalue weighted by atomic mass is 10.1. The maximum atomic E-state index is 13.2. The van der Waals surface area contributed by atoms with Gasteiger partial charge in [-0.2, -0.15) is 5.10 Å². The molecule has 0 saturated carbocycles. The molecule has 2 aromatic carbocycles. The van der Waals surface area contributed by atoms with Gasteiger partial charge in [-0.1, -0.05) is 12.1 Å². The second-order valence-electron chi connectivity index (χ2n) is 6.85. The number of benzene rings is 2. The highest BCUT2D eigenvalue weighted by Crippen LogP contribution is 2.19. The van der Waals surface area contributed by atoms with Gasteiger partial charge < -0.3 is 10.6 Å². The van der Waals surface area contributed by atoms with Crippen molar-refractivity contribution in [1.82, 2.24) is 20.0 Å². The van der Waals surface area contributed by atoms with E-state index < -0.39 is 6.03 Å². The first kappa shape index (κ1) is 19.3. The third-order valence-electron chi connectivity index (χ3n) is 4.64. The number of anilines is 1. The molecule has 0 radical (unpaired) electrons. The van der Waals surface area contributed by atoms with Gasteiger partial charge in [0.05, 0.1) is 24.5 Å². The molecule has 4 rings (SSSR count). The van der Waals surface area contributed by atoms with Crippen LogP contribution < -0.4 is 10.6 Å². The molecule has 1 fully saturated rings. The maximum absolute atomic E-state index is 13.2. The van der Waals surface area contributed by atoms with Gasteiger partial charge in [-0.25, -0.2) is 13.9 Å². The fraction of sp³-hybridized carbons (Fsp3) is 0.143. The van der Waals surface area contributed by atoms with Crippen LogP contribution in [0, 0.1) is 12.7 Å². The average molecular weight is 407 g/mol. The van der Waals surface area contributed by atoms with Crippen LogP contribution in [0.25, 0.3) is 5.69 Å². The highest BCUT2D eigenvalue weighted by molar-refractivity contribution is 6.04. The summed E-state index contributed by atoms with van der Waals surface area (Å²) in [6.45, 7) is 1.93. The standard InChI is InChI=1S/C21H18FN5O3/c1-13-10-18(27(25-13)17-8-6-16(22)7-9-17)24-20(29)15-4-2-14(3-5-15)12-26-19(28)11-23-21(26)30/h2-10H,11-12H2,1H3,(H,23,30)(H,24,29). The molecule has 30 heavy (non-hydrogen) atoms. The van der Waals surface area contributed by atoms with E-state index in [-0.39, 0.29) is 30.7 Å². The predicted octanol–water partition coefficient (Wildman–Crippen LogP) is 2.62. The minimum absolute atomic E-state index is 0.000474. The van der Waals surface area contributed by atoms with Crippen LogP contribution >= 0.6 is 0 Å². The number of carbonyl (C=O) groups excluding carboxylic acids is 3. The van der Waals surface area contributed by atoms with Crippen LogP contribution in [0.3, 0.4) is 0 Å². The number of hydrogen-bond donors (Lipinski definition) is 2. The van der Waals surface area contributed by atoms with Gasteiger partial charge >= 0.3 is 6.03 Å². The van der Waals surface area contributed by atoms with Gasteiger partial charge in [0.1, 0.15) is 11.6 Å². The minimum atomic E-state index is -0.425. The Labute approximate surface area is 171 Å². The molecule has 1 aliphatic rings. The Morgan fingerprint density at radius 2 is 1.83 bits per heavy atom. The lowest BCUT2D eigenvalue weighted by molar-refractivity contribution is -0.125. The van der Waals surface area contributed by atoms with Crippen molar-refractivity contribution < 1.29 is 18.8 Å². The first-order valence-corrected chi connectivity index (χ1v) is 9.22. The Morgan fingerprint density at radius 1 is 1.13 bits per heavy atom. The van der Waals surface area contributed by atoms with E-state index in [1.165, 1.54) is 16.8 Å². The molecule has 152 valence electrons. The van der Waals surface area contributed by atoms with Crippen molar-refractivity contribution in [3.8, 4) is 5.69 Å². The number of urea groups is 1. The molecule has 9 heteroatoms. The highest BCUT2D eigenvalue weighted by atomic mass is 19.1. The number of aryl methyl sites for hydroxylation is 1. The molecule has 0 spiro atoms. The van der Waals surface area contributed by atoms with Gasteiger partial charge in [-0.3, -0.25) is 14.5 Å². The van der Waals surface area contributed by atoms with E-state index in [2.05, 4.69) is 15.7 Å². The van der Waals surface area contributed by atoms with Gasteiger partial charge in [0.2, 0.25) is 5.91 Å². The van der Waals surface area contributed by atoms with Crippen LogP contribution in [-0.4, -0.2) is 39.1 Å². The first-order valence-electron chi connectivity index (χ1n) is 9.22. The summed E-state index contributed by atoms with van der Waals surface area (Å²) in [5.74, 6) is -0.542. The third-order valence-corrected chi connectivity index (χ3v) is 4.64. The van der Waals surface area contributed by atoms with E-state index >= 15 is 0 Å². The smallest absolute Gasteiger partial charge is 0.324 e. The summed E-state index contributed by atoms with van der Waals surface area (Å²) in [6, 6.07) is 13.7. The zero-order valence-corrected chi connectivity index (χ0v) is 16.1. The molecule has 0 atom stereocenters. The molecule has 2 N–H and O–H groups in total. The summed E-state index contributed by atoms with van der Waals surface area (Å²) in [4.78, 5) is 37.1. The first-order chi connectivity index (χ1) is 14.4. The molecular weight excluding hydrogens is 389 g/mol. The van der Waals surface area contributed by atoms with E-state index in [9.17, 15) is 18.8 Å². The van der Waals surface area contributed by atoms with Crippen LogP contribution in [0.4, 0.5) is 15.0 Å². The molecule has 1 aliphatic heterocycles. The van der Waals surface area contributed by atoms with Crippen LogP contribution in [0.15, 0.2) is 54.6 Å². The van der Waals surface area contributed by atoms with Gasteiger partial charge in [0, 0.05) is 11.6 Å². The van der Waals surface area contributed by atoms with Crippen LogP contribution in [-0.2, 0) is 11.3 Å². The Kier molecular flexibility index (Phi) is 5.01. The number of imide groups is 1. The van der Waals surface area contributed by atoms with E-state index in [0.717, 1.165) is 10.5 Å². The topological polar surface area (TPSA) is 96.3 Å². The van der Waals surface area contributed by atoms with Gasteiger partial charge in [0.25, 0.3) is 5.91 Å². The molecule has 0 bridgehead atoms. The largest absolute Gasteiger partial charge is 0.329 e. The average Bonchev–Trinajstić information content (AvgIpc) is 3.25. The van der Waals surface area contributed by atoms with Gasteiger partial charge in [-0.15, -0.1) is 0 Å². The second kappa shape index (κ2) is 7.78. The molecular formula is C21H18FN5O3. The lowest BCUT2D eigenvalue weighted by Crippen LogP contribution is -2.30. The zero-order valence-electron chi connectivity index (χ0n) is 16.1. The lowest BCUT2D eigenvalue weighted by Gasteiger charge is -2.13. The fourth-order valence-corrected chi connectivity index (χ4v) is 3.12. The quantitative estimate of drug-likeness (QED) is 0.636. The molecule has 1 saturated heterocycles. The summed E-state index contributed by atoms with van der Waals surface area (Å²) in [5.41, 5.74) is 2.44. The number of carbonyl (C=O) groups is 3. The Bertz CT molecular complexity index is 1110. The maximum Gasteiger partial charge on any atom is 0.324 e. The zero-order chi connectivity index (χ0) is 21.3. The molecule has 4 amide bonds. The fourth-order valence-electron chi connectivity index (χ4n) is 3.12. The molecule has 0 aliphatic carbocycles. The number of nitrogens with one attached hydrogen (secondary N) is 2. The van der Waals surface area contributed by atoms with Gasteiger partial charge in [0.15, 0.2) is 0 Å². The molecule has 1 aromatic heterocycles.